The van der Waals surface area contributed by atoms with Gasteiger partial charge in [-0.15, -0.1) is 0 Å². The van der Waals surface area contributed by atoms with Gasteiger partial charge in [0.05, 0.1) is 25.7 Å². The van der Waals surface area contributed by atoms with E-state index in [1.807, 2.05) is 6.92 Å². The van der Waals surface area contributed by atoms with Crippen molar-refractivity contribution in [3.63, 3.8) is 0 Å². The number of hydrogen-bond donors (Lipinski definition) is 1. The highest BCUT2D eigenvalue weighted by Crippen LogP contribution is 2.62. The number of carbonyl (C=O) groups is 2. The molecule has 0 heterocycles. The Morgan fingerprint density at radius 3 is 2.58 bits per heavy atom. The number of carbonyl (C=O) groups excluding carboxylic acids is 2. The molecule has 0 aliphatic heterocycles. The van der Waals surface area contributed by atoms with Crippen LogP contribution in [0, 0.1) is 28.6 Å². The van der Waals surface area contributed by atoms with E-state index in [1.54, 1.807) is 0 Å². The first-order chi connectivity index (χ1) is 12.3. The van der Waals surface area contributed by atoms with Gasteiger partial charge in [0.2, 0.25) is 0 Å². The molecule has 5 heteroatoms. The summed E-state index contributed by atoms with van der Waals surface area (Å²) in [4.78, 5) is 24.8. The minimum absolute atomic E-state index is 0.0635. The largest absolute Gasteiger partial charge is 0.469 e. The van der Waals surface area contributed by atoms with Crippen molar-refractivity contribution in [2.75, 3.05) is 14.2 Å². The molecule has 0 saturated heterocycles. The summed E-state index contributed by atoms with van der Waals surface area (Å²) in [5.41, 5.74) is 0.782. The van der Waals surface area contributed by atoms with E-state index >= 15 is 0 Å². The van der Waals surface area contributed by atoms with Gasteiger partial charge in [0.25, 0.3) is 0 Å². The van der Waals surface area contributed by atoms with Crippen molar-refractivity contribution in [2.24, 2.45) is 28.6 Å². The summed E-state index contributed by atoms with van der Waals surface area (Å²) >= 11 is 0. The van der Waals surface area contributed by atoms with Gasteiger partial charge in [0.15, 0.2) is 0 Å². The van der Waals surface area contributed by atoms with Gasteiger partial charge in [-0.25, -0.2) is 0 Å². The third kappa shape index (κ3) is 2.98. The van der Waals surface area contributed by atoms with Crippen molar-refractivity contribution >= 4 is 11.9 Å². The number of aliphatic hydroxyl groups excluding tert-OH is 1. The Morgan fingerprint density at radius 1 is 1.19 bits per heavy atom. The second-order valence-corrected chi connectivity index (χ2v) is 8.88. The SMILES string of the molecule is COC(=O)C[C@@H]1[C@@H]2CC=C3C[C@H](O)CC[C@]3(C)[C@H]2CC[C@]1(C)C(=O)OC. The van der Waals surface area contributed by atoms with Gasteiger partial charge < -0.3 is 14.6 Å². The molecule has 1 N–H and O–H groups in total. The van der Waals surface area contributed by atoms with Gasteiger partial charge in [0.1, 0.15) is 0 Å². The predicted octanol–water partition coefficient (Wildman–Crippen LogP) is 3.25. The van der Waals surface area contributed by atoms with Crippen molar-refractivity contribution in [1.82, 2.24) is 0 Å². The first kappa shape index (κ1) is 19.4. The molecule has 0 bridgehead atoms. The number of aliphatic hydroxyl groups is 1. The van der Waals surface area contributed by atoms with Crippen LogP contribution in [0.2, 0.25) is 0 Å². The Labute approximate surface area is 156 Å². The Bertz CT molecular complexity index is 612. The molecular formula is C21H32O5. The topological polar surface area (TPSA) is 72.8 Å². The number of rotatable bonds is 3. The number of allylic oxidation sites excluding steroid dienone is 1. The predicted molar refractivity (Wildman–Crippen MR) is 97.1 cm³/mol. The van der Waals surface area contributed by atoms with E-state index in [0.717, 1.165) is 38.5 Å². The van der Waals surface area contributed by atoms with Gasteiger partial charge in [-0.1, -0.05) is 18.6 Å². The van der Waals surface area contributed by atoms with Gasteiger partial charge in [-0.05, 0) is 68.6 Å². The molecule has 0 spiro atoms. The molecule has 2 saturated carbocycles. The maximum atomic E-state index is 12.6. The Kier molecular flexibility index (Phi) is 5.22. The van der Waals surface area contributed by atoms with Crippen LogP contribution in [0.1, 0.15) is 58.8 Å². The third-order valence-corrected chi connectivity index (χ3v) is 7.73. The lowest BCUT2D eigenvalue weighted by Crippen LogP contribution is -2.53. The van der Waals surface area contributed by atoms with E-state index in [9.17, 15) is 14.7 Å². The fourth-order valence-electron chi connectivity index (χ4n) is 6.09. The van der Waals surface area contributed by atoms with Gasteiger partial charge >= 0.3 is 11.9 Å². The van der Waals surface area contributed by atoms with Gasteiger partial charge in [-0.2, -0.15) is 0 Å². The Balaban J connectivity index is 1.97. The maximum Gasteiger partial charge on any atom is 0.311 e. The molecule has 5 nitrogen and oxygen atoms in total. The second-order valence-electron chi connectivity index (χ2n) is 8.88. The normalized spacial score (nSPS) is 42.1. The smallest absolute Gasteiger partial charge is 0.311 e. The quantitative estimate of drug-likeness (QED) is 0.615. The summed E-state index contributed by atoms with van der Waals surface area (Å²) in [6.45, 7) is 4.27. The fraction of sp³-hybridized carbons (Fsp3) is 0.810. The highest BCUT2D eigenvalue weighted by Gasteiger charge is 2.57. The molecule has 0 aromatic rings. The summed E-state index contributed by atoms with van der Waals surface area (Å²) in [6, 6.07) is 0. The maximum absolute atomic E-state index is 12.6. The van der Waals surface area contributed by atoms with E-state index in [4.69, 9.17) is 9.47 Å². The number of ether oxygens (including phenoxy) is 2. The molecule has 146 valence electrons. The van der Waals surface area contributed by atoms with E-state index in [2.05, 4.69) is 13.0 Å². The first-order valence-corrected chi connectivity index (χ1v) is 9.79. The molecule has 6 atom stereocenters. The monoisotopic (exact) mass is 364 g/mol. The molecule has 3 aliphatic rings. The molecule has 3 rings (SSSR count). The zero-order valence-corrected chi connectivity index (χ0v) is 16.4. The second kappa shape index (κ2) is 6.99. The van der Waals surface area contributed by atoms with Crippen LogP contribution in [-0.4, -0.2) is 37.4 Å². The van der Waals surface area contributed by atoms with E-state index in [1.165, 1.54) is 19.8 Å². The molecular weight excluding hydrogens is 332 g/mol. The number of esters is 2. The summed E-state index contributed by atoms with van der Waals surface area (Å²) in [7, 11) is 2.83. The lowest BCUT2D eigenvalue weighted by molar-refractivity contribution is -0.167. The highest BCUT2D eigenvalue weighted by atomic mass is 16.5. The standard InChI is InChI=1S/C21H32O5/c1-20-9-7-14(22)11-13(20)5-6-15-16(20)8-10-21(2,19(24)26-4)17(15)12-18(23)25-3/h5,14-17,22H,6-12H2,1-4H3/t14-,15-,16+,17-,20+,21+/m1/s1. The third-order valence-electron chi connectivity index (χ3n) is 7.73. The lowest BCUT2D eigenvalue weighted by Gasteiger charge is -2.57. The molecule has 0 amide bonds. The Morgan fingerprint density at radius 2 is 1.92 bits per heavy atom. The number of hydrogen-bond acceptors (Lipinski definition) is 5. The lowest BCUT2D eigenvalue weighted by atomic mass is 9.47. The number of methoxy groups -OCH3 is 2. The van der Waals surface area contributed by atoms with Crippen LogP contribution < -0.4 is 0 Å². The van der Waals surface area contributed by atoms with Crippen molar-refractivity contribution in [1.29, 1.82) is 0 Å². The zero-order valence-electron chi connectivity index (χ0n) is 16.4. The average molecular weight is 364 g/mol. The van der Waals surface area contributed by atoms with Crippen molar-refractivity contribution in [3.05, 3.63) is 11.6 Å². The molecule has 0 radical (unpaired) electrons. The zero-order chi connectivity index (χ0) is 19.1. The Hall–Kier alpha value is -1.36. The molecule has 0 aromatic carbocycles. The minimum atomic E-state index is -0.653. The van der Waals surface area contributed by atoms with Gasteiger partial charge in [0, 0.05) is 6.42 Å². The summed E-state index contributed by atoms with van der Waals surface area (Å²) < 4.78 is 10.1. The summed E-state index contributed by atoms with van der Waals surface area (Å²) in [5.74, 6) is 0.134. The summed E-state index contributed by atoms with van der Waals surface area (Å²) in [5, 5.41) is 10.1. The van der Waals surface area contributed by atoms with Crippen LogP contribution in [0.5, 0.6) is 0 Å². The van der Waals surface area contributed by atoms with Crippen molar-refractivity contribution in [2.45, 2.75) is 64.9 Å². The van der Waals surface area contributed by atoms with Crippen molar-refractivity contribution < 1.29 is 24.2 Å². The van der Waals surface area contributed by atoms with E-state index < -0.39 is 5.41 Å². The van der Waals surface area contributed by atoms with Gasteiger partial charge in [-0.3, -0.25) is 9.59 Å². The first-order valence-electron chi connectivity index (χ1n) is 9.79. The average Bonchev–Trinajstić information content (AvgIpc) is 2.63. The molecule has 0 aromatic heterocycles. The minimum Gasteiger partial charge on any atom is -0.469 e. The number of fused-ring (bicyclic) bond motifs is 3. The van der Waals surface area contributed by atoms with Crippen LogP contribution in [0.4, 0.5) is 0 Å². The van der Waals surface area contributed by atoms with Crippen LogP contribution in [0.3, 0.4) is 0 Å². The highest BCUT2D eigenvalue weighted by molar-refractivity contribution is 5.78. The van der Waals surface area contributed by atoms with E-state index in [-0.39, 0.29) is 41.7 Å². The van der Waals surface area contributed by atoms with Crippen LogP contribution in [0.25, 0.3) is 0 Å². The molecule has 0 unspecified atom stereocenters. The van der Waals surface area contributed by atoms with Crippen LogP contribution in [0.15, 0.2) is 11.6 Å². The van der Waals surface area contributed by atoms with Crippen LogP contribution in [-0.2, 0) is 19.1 Å². The fourth-order valence-corrected chi connectivity index (χ4v) is 6.09. The molecule has 2 fully saturated rings. The van der Waals surface area contributed by atoms with Crippen molar-refractivity contribution in [3.8, 4) is 0 Å². The summed E-state index contributed by atoms with van der Waals surface area (Å²) in [6.07, 6.45) is 7.40. The van der Waals surface area contributed by atoms with Crippen LogP contribution >= 0.6 is 0 Å². The molecule has 26 heavy (non-hydrogen) atoms. The molecule has 3 aliphatic carbocycles. The van der Waals surface area contributed by atoms with E-state index in [0.29, 0.717) is 5.92 Å².